The first-order chi connectivity index (χ1) is 7.11. The molecule has 0 aliphatic rings. The Morgan fingerprint density at radius 2 is 2.27 bits per heavy atom. The Morgan fingerprint density at radius 1 is 1.53 bits per heavy atom. The topological polar surface area (TPSA) is 53.2 Å². The summed E-state index contributed by atoms with van der Waals surface area (Å²) in [6.45, 7) is 1.72. The maximum atomic E-state index is 11.3. The van der Waals surface area contributed by atoms with Gasteiger partial charge in [0.1, 0.15) is 9.58 Å². The van der Waals surface area contributed by atoms with Gasteiger partial charge in [0.05, 0.1) is 7.11 Å². The molecule has 4 nitrogen and oxygen atoms in total. The van der Waals surface area contributed by atoms with Gasteiger partial charge in [-0.2, -0.15) is 4.73 Å². The number of esters is 1. The van der Waals surface area contributed by atoms with Crippen molar-refractivity contribution < 1.29 is 14.3 Å². The summed E-state index contributed by atoms with van der Waals surface area (Å²) in [7, 11) is 1.34. The molecule has 15 heavy (non-hydrogen) atoms. The van der Waals surface area contributed by atoms with E-state index in [9.17, 15) is 10.0 Å². The fourth-order valence-corrected chi connectivity index (χ4v) is 2.30. The van der Waals surface area contributed by atoms with Crippen LogP contribution in [0.25, 0.3) is 10.1 Å². The zero-order valence-electron chi connectivity index (χ0n) is 8.31. The van der Waals surface area contributed by atoms with Gasteiger partial charge in [-0.05, 0) is 6.07 Å². The van der Waals surface area contributed by atoms with Crippen LogP contribution in [0.5, 0.6) is 0 Å². The molecule has 0 saturated heterocycles. The van der Waals surface area contributed by atoms with Crippen LogP contribution < -0.4 is 4.73 Å². The summed E-state index contributed by atoms with van der Waals surface area (Å²) in [5.41, 5.74) is 0.608. The van der Waals surface area contributed by atoms with Crippen molar-refractivity contribution in [1.82, 2.24) is 0 Å². The molecule has 2 heterocycles. The molecule has 0 aliphatic heterocycles. The van der Waals surface area contributed by atoms with Gasteiger partial charge in [0.25, 0.3) is 0 Å². The Labute approximate surface area is 90.3 Å². The van der Waals surface area contributed by atoms with Crippen molar-refractivity contribution in [2.45, 2.75) is 6.92 Å². The third-order valence-electron chi connectivity index (χ3n) is 2.12. The summed E-state index contributed by atoms with van der Waals surface area (Å²) in [6.07, 6.45) is 1.47. The second-order valence-electron chi connectivity index (χ2n) is 3.16. The Morgan fingerprint density at radius 3 is 2.93 bits per heavy atom. The molecule has 0 radical (unpaired) electrons. The van der Waals surface area contributed by atoms with Gasteiger partial charge < -0.3 is 9.94 Å². The lowest BCUT2D eigenvalue weighted by atomic mass is 10.2. The van der Waals surface area contributed by atoms with Gasteiger partial charge in [-0.25, -0.2) is 4.79 Å². The average molecular weight is 223 g/mol. The third kappa shape index (κ3) is 1.66. The highest BCUT2D eigenvalue weighted by atomic mass is 32.1. The number of thiophene rings is 1. The van der Waals surface area contributed by atoms with E-state index >= 15 is 0 Å². The van der Waals surface area contributed by atoms with E-state index in [0.29, 0.717) is 10.6 Å². The molecule has 0 aliphatic carbocycles. The van der Waals surface area contributed by atoms with Gasteiger partial charge >= 0.3 is 5.97 Å². The van der Waals surface area contributed by atoms with Gasteiger partial charge in [-0.1, -0.05) is 0 Å². The predicted molar refractivity (Wildman–Crippen MR) is 56.9 cm³/mol. The maximum absolute atomic E-state index is 11.3. The molecule has 0 bridgehead atoms. The zero-order valence-corrected chi connectivity index (χ0v) is 9.13. The summed E-state index contributed by atoms with van der Waals surface area (Å²) in [6, 6.07) is 3.49. The van der Waals surface area contributed by atoms with E-state index in [2.05, 4.69) is 4.74 Å². The molecule has 2 aromatic rings. The van der Waals surface area contributed by atoms with Gasteiger partial charge in [-0.3, -0.25) is 0 Å². The SMILES string of the molecule is COC(=O)c1cc2cc(C)[n+]([O-])cc2s1. The number of carbonyl (C=O) groups is 1. The number of hydrogen-bond donors (Lipinski definition) is 0. The van der Waals surface area contributed by atoms with E-state index in [1.165, 1.54) is 24.6 Å². The summed E-state index contributed by atoms with van der Waals surface area (Å²) >= 11 is 1.26. The second kappa shape index (κ2) is 3.51. The molecule has 0 amide bonds. The van der Waals surface area contributed by atoms with Crippen LogP contribution in [0, 0.1) is 12.1 Å². The van der Waals surface area contributed by atoms with Crippen molar-refractivity contribution >= 4 is 27.4 Å². The van der Waals surface area contributed by atoms with E-state index in [1.54, 1.807) is 19.1 Å². The van der Waals surface area contributed by atoms with Crippen molar-refractivity contribution in [2.24, 2.45) is 0 Å². The number of pyridine rings is 1. The number of aromatic nitrogens is 1. The Hall–Kier alpha value is -1.62. The van der Waals surface area contributed by atoms with Crippen molar-refractivity contribution in [2.75, 3.05) is 7.11 Å². The Balaban J connectivity index is 2.61. The number of ether oxygens (including phenoxy) is 1. The number of rotatable bonds is 1. The van der Waals surface area contributed by atoms with E-state index in [1.807, 2.05) is 0 Å². The number of hydrogen-bond acceptors (Lipinski definition) is 4. The smallest absolute Gasteiger partial charge is 0.348 e. The molecule has 2 aromatic heterocycles. The highest BCUT2D eigenvalue weighted by Crippen LogP contribution is 2.25. The first kappa shape index (κ1) is 9.92. The van der Waals surface area contributed by atoms with Crippen molar-refractivity contribution in [3.8, 4) is 0 Å². The van der Waals surface area contributed by atoms with E-state index in [4.69, 9.17) is 0 Å². The van der Waals surface area contributed by atoms with Crippen LogP contribution in [-0.4, -0.2) is 13.1 Å². The summed E-state index contributed by atoms with van der Waals surface area (Å²) in [5.74, 6) is -0.369. The quantitative estimate of drug-likeness (QED) is 0.419. The molecule has 2 rings (SSSR count). The van der Waals surface area contributed by atoms with Gasteiger partial charge in [0.15, 0.2) is 11.9 Å². The lowest BCUT2D eigenvalue weighted by Gasteiger charge is -1.98. The van der Waals surface area contributed by atoms with Gasteiger partial charge in [0, 0.05) is 18.4 Å². The van der Waals surface area contributed by atoms with E-state index in [-0.39, 0.29) is 5.97 Å². The molecular weight excluding hydrogens is 214 g/mol. The fraction of sp³-hybridized carbons (Fsp3) is 0.200. The van der Waals surface area contributed by atoms with E-state index < -0.39 is 0 Å². The highest BCUT2D eigenvalue weighted by molar-refractivity contribution is 7.20. The molecule has 0 unspecified atom stereocenters. The first-order valence-electron chi connectivity index (χ1n) is 4.33. The number of carbonyl (C=O) groups excluding carboxylic acids is 1. The number of aryl methyl sites for hydroxylation is 1. The van der Waals surface area contributed by atoms with Crippen molar-refractivity contribution in [3.63, 3.8) is 0 Å². The number of methoxy groups -OCH3 is 1. The fourth-order valence-electron chi connectivity index (χ4n) is 1.33. The molecule has 78 valence electrons. The molecule has 0 fully saturated rings. The molecule has 5 heteroatoms. The standard InChI is InChI=1S/C10H9NO3S/c1-6-3-7-4-8(10(12)14-2)15-9(7)5-11(6)13/h3-5H,1-2H3. The largest absolute Gasteiger partial charge is 0.618 e. The van der Waals surface area contributed by atoms with Crippen LogP contribution in [-0.2, 0) is 4.74 Å². The first-order valence-corrected chi connectivity index (χ1v) is 5.15. The summed E-state index contributed by atoms with van der Waals surface area (Å²) < 4.78 is 6.19. The Kier molecular flexibility index (Phi) is 2.32. The lowest BCUT2D eigenvalue weighted by Crippen LogP contribution is -2.28. The maximum Gasteiger partial charge on any atom is 0.348 e. The zero-order chi connectivity index (χ0) is 11.0. The second-order valence-corrected chi connectivity index (χ2v) is 4.25. The normalized spacial score (nSPS) is 10.5. The van der Waals surface area contributed by atoms with Crippen LogP contribution in [0.15, 0.2) is 18.3 Å². The minimum atomic E-state index is -0.369. The minimum absolute atomic E-state index is 0.369. The number of fused-ring (bicyclic) bond motifs is 1. The molecule has 0 atom stereocenters. The lowest BCUT2D eigenvalue weighted by molar-refractivity contribution is -0.610. The Bertz CT molecular complexity index is 494. The minimum Gasteiger partial charge on any atom is -0.618 e. The monoisotopic (exact) mass is 223 g/mol. The van der Waals surface area contributed by atoms with Crippen LogP contribution in [0.2, 0.25) is 0 Å². The van der Waals surface area contributed by atoms with Crippen LogP contribution in [0.4, 0.5) is 0 Å². The van der Waals surface area contributed by atoms with Crippen LogP contribution in [0.3, 0.4) is 0 Å². The summed E-state index contributed by atoms with van der Waals surface area (Å²) in [5, 5.41) is 12.2. The molecular formula is C10H9NO3S. The highest BCUT2D eigenvalue weighted by Gasteiger charge is 2.13. The van der Waals surface area contributed by atoms with Gasteiger partial charge in [0.2, 0.25) is 0 Å². The number of nitrogens with zero attached hydrogens (tertiary/aromatic N) is 1. The van der Waals surface area contributed by atoms with Crippen molar-refractivity contribution in [3.05, 3.63) is 34.1 Å². The van der Waals surface area contributed by atoms with Gasteiger partial charge in [-0.15, -0.1) is 11.3 Å². The third-order valence-corrected chi connectivity index (χ3v) is 3.19. The van der Waals surface area contributed by atoms with Crippen molar-refractivity contribution in [1.29, 1.82) is 0 Å². The van der Waals surface area contributed by atoms with Crippen LogP contribution >= 0.6 is 11.3 Å². The van der Waals surface area contributed by atoms with E-state index in [0.717, 1.165) is 14.8 Å². The van der Waals surface area contributed by atoms with Crippen LogP contribution in [0.1, 0.15) is 15.4 Å². The molecule has 0 spiro atoms. The molecule has 0 saturated carbocycles. The molecule has 0 aromatic carbocycles. The summed E-state index contributed by atoms with van der Waals surface area (Å²) in [4.78, 5) is 11.8. The molecule has 0 N–H and O–H groups in total. The predicted octanol–water partition coefficient (Wildman–Crippen LogP) is 1.63. The average Bonchev–Trinajstić information content (AvgIpc) is 2.60.